The second-order valence-electron chi connectivity index (χ2n) is 5.06. The van der Waals surface area contributed by atoms with Gasteiger partial charge in [-0.05, 0) is 51.0 Å². The SMILES string of the molecule is Cl.O=C(NC1CCC(CO)CC1)C1CCCN1. The Hall–Kier alpha value is -0.320. The molecule has 2 aliphatic rings. The van der Waals surface area contributed by atoms with Crippen molar-refractivity contribution in [2.75, 3.05) is 13.2 Å². The van der Waals surface area contributed by atoms with Crippen molar-refractivity contribution in [1.82, 2.24) is 10.6 Å². The molecule has 1 atom stereocenters. The van der Waals surface area contributed by atoms with E-state index < -0.39 is 0 Å². The average Bonchev–Trinajstić information content (AvgIpc) is 2.83. The second kappa shape index (κ2) is 7.19. The van der Waals surface area contributed by atoms with Crippen LogP contribution in [0.15, 0.2) is 0 Å². The van der Waals surface area contributed by atoms with Gasteiger partial charge in [-0.3, -0.25) is 4.79 Å². The summed E-state index contributed by atoms with van der Waals surface area (Å²) in [7, 11) is 0. The third-order valence-electron chi connectivity index (χ3n) is 3.83. The van der Waals surface area contributed by atoms with Crippen LogP contribution in [0.1, 0.15) is 38.5 Å². The van der Waals surface area contributed by atoms with E-state index in [0.717, 1.165) is 45.1 Å². The van der Waals surface area contributed by atoms with Crippen LogP contribution in [0.5, 0.6) is 0 Å². The van der Waals surface area contributed by atoms with E-state index in [1.165, 1.54) is 0 Å². The molecular formula is C12H23ClN2O2. The highest BCUT2D eigenvalue weighted by atomic mass is 35.5. The highest BCUT2D eigenvalue weighted by Crippen LogP contribution is 2.23. The molecule has 0 spiro atoms. The molecule has 0 radical (unpaired) electrons. The Morgan fingerprint density at radius 2 is 1.94 bits per heavy atom. The molecule has 2 fully saturated rings. The highest BCUT2D eigenvalue weighted by molar-refractivity contribution is 5.85. The number of hydrogen-bond acceptors (Lipinski definition) is 3. The number of aliphatic hydroxyl groups is 1. The Morgan fingerprint density at radius 1 is 1.24 bits per heavy atom. The number of hydrogen-bond donors (Lipinski definition) is 3. The summed E-state index contributed by atoms with van der Waals surface area (Å²) in [5, 5.41) is 15.4. The summed E-state index contributed by atoms with van der Waals surface area (Å²) in [6.45, 7) is 1.26. The number of amides is 1. The van der Waals surface area contributed by atoms with Crippen LogP contribution in [0.4, 0.5) is 0 Å². The molecular weight excluding hydrogens is 240 g/mol. The smallest absolute Gasteiger partial charge is 0.237 e. The Kier molecular flexibility index (Phi) is 6.23. The van der Waals surface area contributed by atoms with Gasteiger partial charge in [0.1, 0.15) is 0 Å². The van der Waals surface area contributed by atoms with Crippen molar-refractivity contribution in [3.05, 3.63) is 0 Å². The van der Waals surface area contributed by atoms with Crippen molar-refractivity contribution in [2.24, 2.45) is 5.92 Å². The largest absolute Gasteiger partial charge is 0.396 e. The Morgan fingerprint density at radius 3 is 2.47 bits per heavy atom. The molecule has 3 N–H and O–H groups in total. The zero-order valence-electron chi connectivity index (χ0n) is 10.2. The third kappa shape index (κ3) is 4.12. The van der Waals surface area contributed by atoms with E-state index in [-0.39, 0.29) is 24.4 Å². The van der Waals surface area contributed by atoms with Gasteiger partial charge < -0.3 is 15.7 Å². The van der Waals surface area contributed by atoms with E-state index in [1.807, 2.05) is 0 Å². The molecule has 2 rings (SSSR count). The van der Waals surface area contributed by atoms with Crippen molar-refractivity contribution < 1.29 is 9.90 Å². The first-order chi connectivity index (χ1) is 7.79. The second-order valence-corrected chi connectivity index (χ2v) is 5.06. The van der Waals surface area contributed by atoms with Gasteiger partial charge in [-0.2, -0.15) is 0 Å². The van der Waals surface area contributed by atoms with Crippen LogP contribution in [0.3, 0.4) is 0 Å². The summed E-state index contributed by atoms with van der Waals surface area (Å²) in [6.07, 6.45) is 6.19. The average molecular weight is 263 g/mol. The van der Waals surface area contributed by atoms with Crippen molar-refractivity contribution in [3.63, 3.8) is 0 Å². The Bertz CT molecular complexity index is 237. The van der Waals surface area contributed by atoms with Gasteiger partial charge in [0.05, 0.1) is 6.04 Å². The molecule has 1 saturated carbocycles. The fraction of sp³-hybridized carbons (Fsp3) is 0.917. The molecule has 100 valence electrons. The minimum absolute atomic E-state index is 0. The first kappa shape index (κ1) is 14.7. The molecule has 0 aromatic rings. The van der Waals surface area contributed by atoms with Gasteiger partial charge in [-0.25, -0.2) is 0 Å². The molecule has 5 heteroatoms. The first-order valence-electron chi connectivity index (χ1n) is 6.44. The molecule has 0 aromatic carbocycles. The number of rotatable bonds is 3. The number of nitrogens with one attached hydrogen (secondary N) is 2. The fourth-order valence-corrected chi connectivity index (χ4v) is 2.70. The zero-order valence-corrected chi connectivity index (χ0v) is 11.0. The maximum Gasteiger partial charge on any atom is 0.237 e. The standard InChI is InChI=1S/C12H22N2O2.ClH/c15-8-9-3-5-10(6-4-9)14-12(16)11-2-1-7-13-11;/h9-11,13,15H,1-8H2,(H,14,16);1H. The summed E-state index contributed by atoms with van der Waals surface area (Å²) in [4.78, 5) is 11.8. The lowest BCUT2D eigenvalue weighted by Gasteiger charge is -2.28. The monoisotopic (exact) mass is 262 g/mol. The normalized spacial score (nSPS) is 32.9. The lowest BCUT2D eigenvalue weighted by molar-refractivity contribution is -0.123. The predicted molar refractivity (Wildman–Crippen MR) is 69.2 cm³/mol. The lowest BCUT2D eigenvalue weighted by Crippen LogP contribution is -2.46. The quantitative estimate of drug-likeness (QED) is 0.706. The molecule has 1 saturated heterocycles. The van der Waals surface area contributed by atoms with E-state index in [4.69, 9.17) is 5.11 Å². The topological polar surface area (TPSA) is 61.4 Å². The van der Waals surface area contributed by atoms with Crippen molar-refractivity contribution in [1.29, 1.82) is 0 Å². The van der Waals surface area contributed by atoms with E-state index in [9.17, 15) is 4.79 Å². The maximum atomic E-state index is 11.8. The van der Waals surface area contributed by atoms with E-state index in [1.54, 1.807) is 0 Å². The van der Waals surface area contributed by atoms with Crippen molar-refractivity contribution >= 4 is 18.3 Å². The minimum atomic E-state index is 0. The molecule has 0 aromatic heterocycles. The maximum absolute atomic E-state index is 11.8. The third-order valence-corrected chi connectivity index (χ3v) is 3.83. The number of carbonyl (C=O) groups excluding carboxylic acids is 1. The number of carbonyl (C=O) groups is 1. The molecule has 1 heterocycles. The minimum Gasteiger partial charge on any atom is -0.396 e. The molecule has 0 bridgehead atoms. The van der Waals surface area contributed by atoms with E-state index in [2.05, 4.69) is 10.6 Å². The molecule has 17 heavy (non-hydrogen) atoms. The van der Waals surface area contributed by atoms with Gasteiger partial charge in [0.15, 0.2) is 0 Å². The van der Waals surface area contributed by atoms with Gasteiger partial charge in [0, 0.05) is 12.6 Å². The zero-order chi connectivity index (χ0) is 11.4. The van der Waals surface area contributed by atoms with Gasteiger partial charge in [0.25, 0.3) is 0 Å². The molecule has 4 nitrogen and oxygen atoms in total. The van der Waals surface area contributed by atoms with E-state index >= 15 is 0 Å². The molecule has 1 amide bonds. The lowest BCUT2D eigenvalue weighted by atomic mass is 9.86. The number of aliphatic hydroxyl groups excluding tert-OH is 1. The van der Waals surface area contributed by atoms with Crippen LogP contribution in [-0.2, 0) is 4.79 Å². The van der Waals surface area contributed by atoms with Gasteiger partial charge in [-0.15, -0.1) is 12.4 Å². The Balaban J connectivity index is 0.00000144. The van der Waals surface area contributed by atoms with Gasteiger partial charge in [0.2, 0.25) is 5.91 Å². The summed E-state index contributed by atoms with van der Waals surface area (Å²) < 4.78 is 0. The van der Waals surface area contributed by atoms with Crippen molar-refractivity contribution in [2.45, 2.75) is 50.6 Å². The number of halogens is 1. The van der Waals surface area contributed by atoms with Crippen LogP contribution < -0.4 is 10.6 Å². The fourth-order valence-electron chi connectivity index (χ4n) is 2.70. The van der Waals surface area contributed by atoms with E-state index in [0.29, 0.717) is 18.6 Å². The van der Waals surface area contributed by atoms with Crippen LogP contribution in [0, 0.1) is 5.92 Å². The Labute approximate surface area is 109 Å². The highest BCUT2D eigenvalue weighted by Gasteiger charge is 2.26. The summed E-state index contributed by atoms with van der Waals surface area (Å²) in [5.74, 6) is 0.628. The summed E-state index contributed by atoms with van der Waals surface area (Å²) in [5.41, 5.74) is 0. The molecule has 1 aliphatic heterocycles. The molecule has 1 unspecified atom stereocenters. The van der Waals surface area contributed by atoms with Gasteiger partial charge >= 0.3 is 0 Å². The summed E-state index contributed by atoms with van der Waals surface area (Å²) >= 11 is 0. The van der Waals surface area contributed by atoms with Crippen LogP contribution in [0.25, 0.3) is 0 Å². The van der Waals surface area contributed by atoms with Crippen LogP contribution in [-0.4, -0.2) is 36.2 Å². The van der Waals surface area contributed by atoms with Crippen LogP contribution in [0.2, 0.25) is 0 Å². The molecule has 1 aliphatic carbocycles. The van der Waals surface area contributed by atoms with Crippen LogP contribution >= 0.6 is 12.4 Å². The summed E-state index contributed by atoms with van der Waals surface area (Å²) in [6, 6.07) is 0.369. The predicted octanol–water partition coefficient (Wildman–Crippen LogP) is 0.827. The van der Waals surface area contributed by atoms with Crippen molar-refractivity contribution in [3.8, 4) is 0 Å². The van der Waals surface area contributed by atoms with Gasteiger partial charge in [-0.1, -0.05) is 0 Å². The first-order valence-corrected chi connectivity index (χ1v) is 6.44.